The average molecular weight is 270 g/mol. The van der Waals surface area contributed by atoms with Crippen molar-refractivity contribution in [3.05, 3.63) is 22.7 Å². The molecular weight excluding hydrogens is 250 g/mol. The van der Waals surface area contributed by atoms with Crippen LogP contribution in [0.5, 0.6) is 11.5 Å². The van der Waals surface area contributed by atoms with E-state index in [4.69, 9.17) is 21.1 Å². The van der Waals surface area contributed by atoms with Crippen LogP contribution in [0.1, 0.15) is 25.3 Å². The maximum absolute atomic E-state index is 6.21. The minimum atomic E-state index is 0.572. The fraction of sp³-hybridized carbons (Fsp3) is 0.571. The molecule has 0 radical (unpaired) electrons. The molecule has 0 saturated heterocycles. The first kappa shape index (κ1) is 13.5. The second-order valence-corrected chi connectivity index (χ2v) is 5.10. The van der Waals surface area contributed by atoms with Crippen molar-refractivity contribution in [2.75, 3.05) is 26.8 Å². The predicted octanol–water partition coefficient (Wildman–Crippen LogP) is 3.34. The molecule has 1 aromatic rings. The van der Waals surface area contributed by atoms with Gasteiger partial charge in [-0.05, 0) is 37.7 Å². The topological polar surface area (TPSA) is 21.7 Å². The highest BCUT2D eigenvalue weighted by Crippen LogP contribution is 2.38. The Morgan fingerprint density at radius 2 is 2.06 bits per heavy atom. The maximum atomic E-state index is 6.21. The van der Waals surface area contributed by atoms with Gasteiger partial charge in [-0.3, -0.25) is 0 Å². The van der Waals surface area contributed by atoms with Gasteiger partial charge in [0.2, 0.25) is 0 Å². The lowest BCUT2D eigenvalue weighted by Crippen LogP contribution is -2.20. The number of hydrogen-bond donors (Lipinski definition) is 0. The molecule has 0 aromatic heterocycles. The van der Waals surface area contributed by atoms with Gasteiger partial charge in [-0.15, -0.1) is 0 Å². The van der Waals surface area contributed by atoms with E-state index >= 15 is 0 Å². The largest absolute Gasteiger partial charge is 0.486 e. The summed E-state index contributed by atoms with van der Waals surface area (Å²) in [4.78, 5) is 2.30. The molecule has 1 heterocycles. The van der Waals surface area contributed by atoms with Crippen LogP contribution in [0.4, 0.5) is 0 Å². The number of hydrogen-bond acceptors (Lipinski definition) is 3. The van der Waals surface area contributed by atoms with Crippen molar-refractivity contribution >= 4 is 11.6 Å². The SMILES string of the molecule is CCCCN(C)Cc1cc(Cl)c2c(c1)OCCO2. The Hall–Kier alpha value is -0.930. The Morgan fingerprint density at radius 3 is 2.83 bits per heavy atom. The van der Waals surface area contributed by atoms with Crippen molar-refractivity contribution in [3.8, 4) is 11.5 Å². The highest BCUT2D eigenvalue weighted by molar-refractivity contribution is 6.32. The van der Waals surface area contributed by atoms with Crippen LogP contribution in [0.15, 0.2) is 12.1 Å². The first-order valence-corrected chi connectivity index (χ1v) is 6.85. The van der Waals surface area contributed by atoms with Gasteiger partial charge in [0.25, 0.3) is 0 Å². The smallest absolute Gasteiger partial charge is 0.179 e. The van der Waals surface area contributed by atoms with Crippen LogP contribution in [-0.4, -0.2) is 31.7 Å². The molecule has 1 aliphatic heterocycles. The molecule has 0 atom stereocenters. The summed E-state index contributed by atoms with van der Waals surface area (Å²) < 4.78 is 11.1. The molecule has 100 valence electrons. The van der Waals surface area contributed by atoms with Crippen molar-refractivity contribution in [2.45, 2.75) is 26.3 Å². The molecule has 0 aliphatic carbocycles. The summed E-state index contributed by atoms with van der Waals surface area (Å²) in [6.45, 7) is 5.36. The monoisotopic (exact) mass is 269 g/mol. The van der Waals surface area contributed by atoms with E-state index in [0.717, 1.165) is 18.8 Å². The van der Waals surface area contributed by atoms with Crippen LogP contribution in [0.25, 0.3) is 0 Å². The zero-order valence-corrected chi connectivity index (χ0v) is 11.8. The fourth-order valence-corrected chi connectivity index (χ4v) is 2.36. The standard InChI is InChI=1S/C14H20ClNO2/c1-3-4-5-16(2)10-11-8-12(15)14-13(9-11)17-6-7-18-14/h8-9H,3-7,10H2,1-2H3. The van der Waals surface area contributed by atoms with Crippen LogP contribution in [0.2, 0.25) is 5.02 Å². The number of fused-ring (bicyclic) bond motifs is 1. The molecular formula is C14H20ClNO2. The number of benzene rings is 1. The molecule has 0 N–H and O–H groups in total. The van der Waals surface area contributed by atoms with Gasteiger partial charge in [0.15, 0.2) is 11.5 Å². The van der Waals surface area contributed by atoms with Gasteiger partial charge in [0, 0.05) is 6.54 Å². The Morgan fingerprint density at radius 1 is 1.28 bits per heavy atom. The molecule has 4 heteroatoms. The first-order valence-electron chi connectivity index (χ1n) is 6.47. The molecule has 0 unspecified atom stereocenters. The van der Waals surface area contributed by atoms with Gasteiger partial charge in [0.1, 0.15) is 13.2 Å². The van der Waals surface area contributed by atoms with E-state index in [1.54, 1.807) is 0 Å². The van der Waals surface area contributed by atoms with Crippen molar-refractivity contribution in [1.82, 2.24) is 4.90 Å². The summed E-state index contributed by atoms with van der Waals surface area (Å²) in [5.74, 6) is 1.45. The van der Waals surface area contributed by atoms with Gasteiger partial charge < -0.3 is 14.4 Å². The van der Waals surface area contributed by atoms with Gasteiger partial charge >= 0.3 is 0 Å². The quantitative estimate of drug-likeness (QED) is 0.818. The van der Waals surface area contributed by atoms with Crippen molar-refractivity contribution in [1.29, 1.82) is 0 Å². The van der Waals surface area contributed by atoms with E-state index in [1.807, 2.05) is 12.1 Å². The van der Waals surface area contributed by atoms with E-state index in [2.05, 4.69) is 18.9 Å². The van der Waals surface area contributed by atoms with Gasteiger partial charge in [-0.25, -0.2) is 0 Å². The molecule has 1 aromatic carbocycles. The maximum Gasteiger partial charge on any atom is 0.179 e. The predicted molar refractivity (Wildman–Crippen MR) is 73.7 cm³/mol. The number of rotatable bonds is 5. The van der Waals surface area contributed by atoms with Crippen LogP contribution >= 0.6 is 11.6 Å². The van der Waals surface area contributed by atoms with Gasteiger partial charge in [-0.2, -0.15) is 0 Å². The Kier molecular flexibility index (Phi) is 4.72. The lowest BCUT2D eigenvalue weighted by Gasteiger charge is -2.22. The minimum Gasteiger partial charge on any atom is -0.486 e. The van der Waals surface area contributed by atoms with Gasteiger partial charge in [0.05, 0.1) is 5.02 Å². The fourth-order valence-electron chi connectivity index (χ4n) is 2.07. The zero-order valence-electron chi connectivity index (χ0n) is 11.0. The third kappa shape index (κ3) is 3.30. The number of unbranched alkanes of at least 4 members (excludes halogenated alkanes) is 1. The molecule has 18 heavy (non-hydrogen) atoms. The third-order valence-corrected chi connectivity index (χ3v) is 3.28. The summed E-state index contributed by atoms with van der Waals surface area (Å²) in [7, 11) is 2.13. The zero-order chi connectivity index (χ0) is 13.0. The van der Waals surface area contributed by atoms with E-state index < -0.39 is 0 Å². The lowest BCUT2D eigenvalue weighted by atomic mass is 10.1. The van der Waals surface area contributed by atoms with Crippen LogP contribution in [0, 0.1) is 0 Å². The second-order valence-electron chi connectivity index (χ2n) is 4.69. The number of ether oxygens (including phenoxy) is 2. The first-order chi connectivity index (χ1) is 8.70. The van der Waals surface area contributed by atoms with E-state index in [1.165, 1.54) is 18.4 Å². The van der Waals surface area contributed by atoms with Crippen molar-refractivity contribution in [2.24, 2.45) is 0 Å². The number of nitrogens with zero attached hydrogens (tertiary/aromatic N) is 1. The van der Waals surface area contributed by atoms with E-state index in [0.29, 0.717) is 24.0 Å². The van der Waals surface area contributed by atoms with Crippen molar-refractivity contribution in [3.63, 3.8) is 0 Å². The molecule has 0 saturated carbocycles. The summed E-state index contributed by atoms with van der Waals surface area (Å²) in [5, 5.41) is 0.645. The molecule has 0 bridgehead atoms. The second kappa shape index (κ2) is 6.30. The molecule has 0 amide bonds. The molecule has 3 nitrogen and oxygen atoms in total. The Labute approximate surface area is 114 Å². The number of halogens is 1. The highest BCUT2D eigenvalue weighted by Gasteiger charge is 2.16. The van der Waals surface area contributed by atoms with Crippen LogP contribution in [0.3, 0.4) is 0 Å². The third-order valence-electron chi connectivity index (χ3n) is 3.00. The van der Waals surface area contributed by atoms with Crippen LogP contribution < -0.4 is 9.47 Å². The van der Waals surface area contributed by atoms with E-state index in [-0.39, 0.29) is 0 Å². The summed E-state index contributed by atoms with van der Waals surface area (Å²) in [6, 6.07) is 4.00. The summed E-state index contributed by atoms with van der Waals surface area (Å²) >= 11 is 6.21. The molecule has 2 rings (SSSR count). The summed E-state index contributed by atoms with van der Waals surface area (Å²) in [6.07, 6.45) is 2.43. The van der Waals surface area contributed by atoms with Crippen molar-refractivity contribution < 1.29 is 9.47 Å². The van der Waals surface area contributed by atoms with Crippen LogP contribution in [-0.2, 0) is 6.54 Å². The minimum absolute atomic E-state index is 0.572. The lowest BCUT2D eigenvalue weighted by molar-refractivity contribution is 0.171. The average Bonchev–Trinajstić information content (AvgIpc) is 2.36. The Balaban J connectivity index is 2.07. The van der Waals surface area contributed by atoms with E-state index in [9.17, 15) is 0 Å². The summed E-state index contributed by atoms with van der Waals surface area (Å²) in [5.41, 5.74) is 1.17. The molecule has 1 aliphatic rings. The Bertz CT molecular complexity index is 409. The van der Waals surface area contributed by atoms with Gasteiger partial charge in [-0.1, -0.05) is 24.9 Å². The molecule has 0 spiro atoms. The molecule has 0 fully saturated rings. The highest BCUT2D eigenvalue weighted by atomic mass is 35.5. The normalized spacial score (nSPS) is 14.0.